The Labute approximate surface area is 215 Å². The second-order valence-corrected chi connectivity index (χ2v) is 9.43. The molecule has 1 aliphatic heterocycles. The summed E-state index contributed by atoms with van der Waals surface area (Å²) in [6.07, 6.45) is 3.29. The van der Waals surface area contributed by atoms with Crippen LogP contribution in [0.4, 0.5) is 21.0 Å². The zero-order valence-corrected chi connectivity index (χ0v) is 21.1. The van der Waals surface area contributed by atoms with Crippen molar-refractivity contribution in [2.75, 3.05) is 31.4 Å². The van der Waals surface area contributed by atoms with Gasteiger partial charge in [0.1, 0.15) is 6.10 Å². The van der Waals surface area contributed by atoms with E-state index in [2.05, 4.69) is 10.6 Å². The Morgan fingerprint density at radius 2 is 1.59 bits per heavy atom. The smallest absolute Gasteiger partial charge is 0.410 e. The molecule has 4 rings (SSSR count). The number of carbonyl (C=O) groups excluding carboxylic acids is 2. The van der Waals surface area contributed by atoms with Crippen molar-refractivity contribution in [3.8, 4) is 11.5 Å². The van der Waals surface area contributed by atoms with Crippen LogP contribution in [0.1, 0.15) is 43.2 Å². The highest BCUT2D eigenvalue weighted by Gasteiger charge is 2.28. The molecule has 10 heteroatoms. The Balaban J connectivity index is 1.28. The molecule has 0 unspecified atom stereocenters. The van der Waals surface area contributed by atoms with Gasteiger partial charge in [0.05, 0.1) is 14.2 Å². The fraction of sp³-hybridized carbons (Fsp3) is 0.444. The number of fused-ring (bicyclic) bond motifs is 1. The molecule has 0 saturated heterocycles. The molecular formula is C27H33N3O7. The van der Waals surface area contributed by atoms with Crippen molar-refractivity contribution in [2.24, 2.45) is 5.92 Å². The lowest BCUT2D eigenvalue weighted by molar-refractivity contribution is -0.138. The number of ether oxygens (including phenoxy) is 3. The van der Waals surface area contributed by atoms with Gasteiger partial charge in [0.15, 0.2) is 11.5 Å². The third-order valence-corrected chi connectivity index (χ3v) is 6.90. The molecule has 3 amide bonds. The molecule has 0 atom stereocenters. The molecule has 198 valence electrons. The van der Waals surface area contributed by atoms with Gasteiger partial charge >= 0.3 is 18.1 Å². The highest BCUT2D eigenvalue weighted by Crippen LogP contribution is 2.31. The molecule has 37 heavy (non-hydrogen) atoms. The SMILES string of the molecule is COc1ccc(NC(=O)Nc2ccc3c(c2)CCN(C(=O)OC2CCC(CC(=O)O)CC2)C3)cc1OC. The number of methoxy groups -OCH3 is 2. The first kappa shape index (κ1) is 26.1. The monoisotopic (exact) mass is 511 g/mol. The first-order valence-corrected chi connectivity index (χ1v) is 12.4. The molecule has 1 fully saturated rings. The summed E-state index contributed by atoms with van der Waals surface area (Å²) < 4.78 is 16.2. The van der Waals surface area contributed by atoms with E-state index in [1.165, 1.54) is 7.11 Å². The van der Waals surface area contributed by atoms with Crippen molar-refractivity contribution in [3.05, 3.63) is 47.5 Å². The van der Waals surface area contributed by atoms with Crippen LogP contribution in [0.3, 0.4) is 0 Å². The van der Waals surface area contributed by atoms with Crippen LogP contribution in [-0.4, -0.2) is 55.0 Å². The second kappa shape index (κ2) is 11.9. The third-order valence-electron chi connectivity index (χ3n) is 6.90. The van der Waals surface area contributed by atoms with Gasteiger partial charge < -0.3 is 34.9 Å². The van der Waals surface area contributed by atoms with Crippen LogP contribution in [0.2, 0.25) is 0 Å². The lowest BCUT2D eigenvalue weighted by Gasteiger charge is -2.32. The van der Waals surface area contributed by atoms with E-state index >= 15 is 0 Å². The molecule has 0 spiro atoms. The summed E-state index contributed by atoms with van der Waals surface area (Å²) in [5.74, 6) is 0.481. The average molecular weight is 512 g/mol. The van der Waals surface area contributed by atoms with Crippen LogP contribution in [0, 0.1) is 5.92 Å². The molecule has 2 aromatic carbocycles. The highest BCUT2D eigenvalue weighted by atomic mass is 16.6. The maximum Gasteiger partial charge on any atom is 0.410 e. The lowest BCUT2D eigenvalue weighted by atomic mass is 9.85. The Kier molecular flexibility index (Phi) is 8.37. The number of rotatable bonds is 7. The summed E-state index contributed by atoms with van der Waals surface area (Å²) in [4.78, 5) is 37.8. The zero-order valence-electron chi connectivity index (χ0n) is 21.1. The van der Waals surface area contributed by atoms with E-state index in [4.69, 9.17) is 19.3 Å². The van der Waals surface area contributed by atoms with Gasteiger partial charge in [0.2, 0.25) is 0 Å². The van der Waals surface area contributed by atoms with E-state index in [9.17, 15) is 14.4 Å². The number of anilines is 2. The van der Waals surface area contributed by atoms with Gasteiger partial charge in [-0.1, -0.05) is 6.07 Å². The number of carboxylic acid groups (broad SMARTS) is 1. The molecule has 0 radical (unpaired) electrons. The normalized spacial score (nSPS) is 18.8. The summed E-state index contributed by atoms with van der Waals surface area (Å²) in [6, 6.07) is 10.4. The minimum atomic E-state index is -0.774. The summed E-state index contributed by atoms with van der Waals surface area (Å²) in [7, 11) is 3.08. The van der Waals surface area contributed by atoms with Crippen LogP contribution in [0.25, 0.3) is 0 Å². The molecule has 0 bridgehead atoms. The summed E-state index contributed by atoms with van der Waals surface area (Å²) in [5.41, 5.74) is 3.31. The number of nitrogens with one attached hydrogen (secondary N) is 2. The number of benzene rings is 2. The number of amides is 3. The van der Waals surface area contributed by atoms with Crippen LogP contribution in [0.5, 0.6) is 11.5 Å². The molecule has 2 aliphatic rings. The topological polar surface area (TPSA) is 126 Å². The minimum absolute atomic E-state index is 0.158. The zero-order chi connectivity index (χ0) is 26.4. The van der Waals surface area contributed by atoms with Crippen molar-refractivity contribution in [3.63, 3.8) is 0 Å². The largest absolute Gasteiger partial charge is 0.493 e. The van der Waals surface area contributed by atoms with Gasteiger partial charge in [-0.2, -0.15) is 0 Å². The van der Waals surface area contributed by atoms with E-state index in [1.54, 1.807) is 30.2 Å². The van der Waals surface area contributed by atoms with Crippen LogP contribution in [-0.2, 0) is 22.5 Å². The van der Waals surface area contributed by atoms with Gasteiger partial charge in [-0.3, -0.25) is 4.79 Å². The van der Waals surface area contributed by atoms with Crippen molar-refractivity contribution in [2.45, 2.75) is 51.2 Å². The molecule has 1 heterocycles. The molecule has 10 nitrogen and oxygen atoms in total. The Hall–Kier alpha value is -3.95. The van der Waals surface area contributed by atoms with Crippen molar-refractivity contribution in [1.82, 2.24) is 4.90 Å². The predicted octanol–water partition coefficient (Wildman–Crippen LogP) is 4.88. The maximum absolute atomic E-state index is 12.7. The van der Waals surface area contributed by atoms with Gasteiger partial charge in [-0.25, -0.2) is 9.59 Å². The number of aliphatic carboxylic acids is 1. The Morgan fingerprint density at radius 3 is 2.27 bits per heavy atom. The van der Waals surface area contributed by atoms with Gasteiger partial charge in [-0.05, 0) is 73.4 Å². The van der Waals surface area contributed by atoms with Crippen LogP contribution < -0.4 is 20.1 Å². The number of nitrogens with zero attached hydrogens (tertiary/aromatic N) is 1. The summed E-state index contributed by atoms with van der Waals surface area (Å²) in [6.45, 7) is 0.974. The maximum atomic E-state index is 12.7. The number of carboxylic acids is 1. The molecule has 0 aromatic heterocycles. The van der Waals surface area contributed by atoms with Gasteiger partial charge in [-0.15, -0.1) is 0 Å². The quantitative estimate of drug-likeness (QED) is 0.484. The fourth-order valence-corrected chi connectivity index (χ4v) is 4.91. The number of carbonyl (C=O) groups is 3. The fourth-order valence-electron chi connectivity index (χ4n) is 4.91. The number of hydrogen-bond acceptors (Lipinski definition) is 6. The van der Waals surface area contributed by atoms with Crippen LogP contribution in [0.15, 0.2) is 36.4 Å². The van der Waals surface area contributed by atoms with E-state index < -0.39 is 5.97 Å². The second-order valence-electron chi connectivity index (χ2n) is 9.43. The van der Waals surface area contributed by atoms with Crippen molar-refractivity contribution < 1.29 is 33.7 Å². The van der Waals surface area contributed by atoms with Crippen molar-refractivity contribution in [1.29, 1.82) is 0 Å². The van der Waals surface area contributed by atoms with Gasteiger partial charge in [0.25, 0.3) is 0 Å². The highest BCUT2D eigenvalue weighted by molar-refractivity contribution is 6.00. The molecule has 2 aromatic rings. The molecular weight excluding hydrogens is 478 g/mol. The lowest BCUT2D eigenvalue weighted by Crippen LogP contribution is -2.39. The minimum Gasteiger partial charge on any atom is -0.493 e. The first-order chi connectivity index (χ1) is 17.8. The molecule has 3 N–H and O–H groups in total. The standard InChI is InChI=1S/C27H33N3O7/c1-35-23-10-7-21(15-24(23)36-2)29-26(33)28-20-6-5-19-16-30(12-11-18(19)14-20)27(34)37-22-8-3-17(4-9-22)13-25(31)32/h5-7,10,14-15,17,22H,3-4,8-9,11-13,16H2,1-2H3,(H,31,32)(H2,28,29,33). The van der Waals surface area contributed by atoms with E-state index in [-0.39, 0.29) is 30.6 Å². The Morgan fingerprint density at radius 1 is 0.919 bits per heavy atom. The molecule has 1 saturated carbocycles. The van der Waals surface area contributed by atoms with Gasteiger partial charge in [0, 0.05) is 37.0 Å². The Bertz CT molecular complexity index is 1140. The summed E-state index contributed by atoms with van der Waals surface area (Å²) in [5, 5.41) is 14.6. The summed E-state index contributed by atoms with van der Waals surface area (Å²) >= 11 is 0. The first-order valence-electron chi connectivity index (χ1n) is 12.4. The predicted molar refractivity (Wildman–Crippen MR) is 137 cm³/mol. The third kappa shape index (κ3) is 6.84. The average Bonchev–Trinajstić information content (AvgIpc) is 2.89. The number of urea groups is 1. The number of hydrogen-bond donors (Lipinski definition) is 3. The van der Waals surface area contributed by atoms with E-state index in [0.29, 0.717) is 55.2 Å². The van der Waals surface area contributed by atoms with Crippen LogP contribution >= 0.6 is 0 Å². The molecule has 1 aliphatic carbocycles. The van der Waals surface area contributed by atoms with E-state index in [1.807, 2.05) is 18.2 Å². The van der Waals surface area contributed by atoms with Crippen molar-refractivity contribution >= 4 is 29.5 Å². The van der Waals surface area contributed by atoms with E-state index in [0.717, 1.165) is 24.0 Å².